The van der Waals surface area contributed by atoms with Crippen LogP contribution in [-0.4, -0.2) is 36.6 Å². The topological polar surface area (TPSA) is 51.7 Å². The number of carbonyl (C=O) groups is 1. The van der Waals surface area contributed by atoms with Crippen LogP contribution in [0.2, 0.25) is 0 Å². The molecule has 0 radical (unpaired) electrons. The number of ether oxygens (including phenoxy) is 2. The molecule has 0 N–H and O–H groups in total. The molecule has 2 heterocycles. The predicted octanol–water partition coefficient (Wildman–Crippen LogP) is 5.19. The van der Waals surface area contributed by atoms with Gasteiger partial charge in [-0.1, -0.05) is 18.2 Å². The van der Waals surface area contributed by atoms with E-state index < -0.39 is 0 Å². The van der Waals surface area contributed by atoms with E-state index in [-0.39, 0.29) is 17.8 Å². The fourth-order valence-electron chi connectivity index (χ4n) is 4.20. The van der Waals surface area contributed by atoms with Crippen LogP contribution >= 0.6 is 0 Å². The lowest BCUT2D eigenvalue weighted by Gasteiger charge is -2.26. The number of amides is 1. The van der Waals surface area contributed by atoms with Crippen LogP contribution in [0.4, 0.5) is 4.39 Å². The summed E-state index contributed by atoms with van der Waals surface area (Å²) in [5.41, 5.74) is 4.04. The van der Waals surface area contributed by atoms with Gasteiger partial charge in [0.1, 0.15) is 5.82 Å². The van der Waals surface area contributed by atoms with Gasteiger partial charge in [-0.15, -0.1) is 0 Å². The number of aromatic nitrogens is 1. The highest BCUT2D eigenvalue weighted by Gasteiger charge is 2.33. The maximum atomic E-state index is 13.5. The molecular weight excluding hydrogens is 395 g/mol. The third-order valence-corrected chi connectivity index (χ3v) is 5.64. The van der Waals surface area contributed by atoms with Crippen molar-refractivity contribution in [2.45, 2.75) is 25.8 Å². The number of aryl methyl sites for hydroxylation is 1. The van der Waals surface area contributed by atoms with E-state index >= 15 is 0 Å². The third-order valence-electron chi connectivity index (χ3n) is 5.64. The van der Waals surface area contributed by atoms with Gasteiger partial charge in [0.15, 0.2) is 11.5 Å². The van der Waals surface area contributed by atoms with Crippen LogP contribution in [0.1, 0.15) is 40.6 Å². The number of halogens is 1. The Kier molecular flexibility index (Phi) is 5.89. The molecule has 1 unspecified atom stereocenters. The molecule has 0 aliphatic carbocycles. The zero-order chi connectivity index (χ0) is 22.0. The number of hydrogen-bond donors (Lipinski definition) is 0. The largest absolute Gasteiger partial charge is 0.493 e. The van der Waals surface area contributed by atoms with Crippen LogP contribution in [-0.2, 0) is 0 Å². The molecule has 0 saturated carbocycles. The summed E-state index contributed by atoms with van der Waals surface area (Å²) in [7, 11) is 3.09. The maximum absolute atomic E-state index is 13.5. The first kappa shape index (κ1) is 20.8. The lowest BCUT2D eigenvalue weighted by Crippen LogP contribution is -2.31. The van der Waals surface area contributed by atoms with E-state index in [2.05, 4.69) is 0 Å². The van der Waals surface area contributed by atoms with E-state index in [9.17, 15) is 9.18 Å². The molecule has 1 aliphatic rings. The number of likely N-dealkylation sites (tertiary alicyclic amines) is 1. The Morgan fingerprint density at radius 1 is 1.06 bits per heavy atom. The minimum absolute atomic E-state index is 0.107. The van der Waals surface area contributed by atoms with E-state index in [0.29, 0.717) is 23.6 Å². The fourth-order valence-corrected chi connectivity index (χ4v) is 4.20. The van der Waals surface area contributed by atoms with E-state index in [1.54, 1.807) is 37.4 Å². The smallest absolute Gasteiger partial charge is 0.258 e. The van der Waals surface area contributed by atoms with Gasteiger partial charge in [0.05, 0.1) is 31.5 Å². The standard InChI is InChI=1S/C25H25FN2O3/c1-16-14-18(17-9-11-19(26)12-10-17)15-21(27-16)22-7-5-13-28(22)25(29)20-6-4-8-23(30-2)24(20)31-3/h4,6,8-12,14-15,22H,5,7,13H2,1-3H3. The Bertz CT molecular complexity index is 1100. The predicted molar refractivity (Wildman–Crippen MR) is 117 cm³/mol. The van der Waals surface area contributed by atoms with Gasteiger partial charge in [0, 0.05) is 12.2 Å². The second-order valence-electron chi connectivity index (χ2n) is 7.63. The van der Waals surface area contributed by atoms with Gasteiger partial charge in [0.2, 0.25) is 0 Å². The highest BCUT2D eigenvalue weighted by molar-refractivity contribution is 5.98. The monoisotopic (exact) mass is 420 g/mol. The summed E-state index contributed by atoms with van der Waals surface area (Å²) in [6.07, 6.45) is 1.72. The molecule has 5 nitrogen and oxygen atoms in total. The van der Waals surface area contributed by atoms with Crippen molar-refractivity contribution in [3.05, 3.63) is 77.4 Å². The van der Waals surface area contributed by atoms with Crippen molar-refractivity contribution in [2.24, 2.45) is 0 Å². The summed E-state index contributed by atoms with van der Waals surface area (Å²) in [6, 6.07) is 15.6. The van der Waals surface area contributed by atoms with Crippen LogP contribution < -0.4 is 9.47 Å². The Balaban J connectivity index is 1.69. The first-order valence-corrected chi connectivity index (χ1v) is 10.3. The van der Waals surface area contributed by atoms with Gasteiger partial charge in [-0.2, -0.15) is 0 Å². The van der Waals surface area contributed by atoms with Crippen molar-refractivity contribution < 1.29 is 18.7 Å². The molecule has 31 heavy (non-hydrogen) atoms. The van der Waals surface area contributed by atoms with E-state index in [1.165, 1.54) is 19.2 Å². The van der Waals surface area contributed by atoms with Crippen molar-refractivity contribution in [3.63, 3.8) is 0 Å². The molecule has 1 aliphatic heterocycles. The summed E-state index contributed by atoms with van der Waals surface area (Å²) >= 11 is 0. The highest BCUT2D eigenvalue weighted by Crippen LogP contribution is 2.37. The number of methoxy groups -OCH3 is 2. The summed E-state index contributed by atoms with van der Waals surface area (Å²) < 4.78 is 24.2. The molecule has 1 aromatic heterocycles. The Labute approximate surface area is 181 Å². The summed E-state index contributed by atoms with van der Waals surface area (Å²) in [5.74, 6) is 0.584. The Morgan fingerprint density at radius 2 is 1.84 bits per heavy atom. The highest BCUT2D eigenvalue weighted by atomic mass is 19.1. The van der Waals surface area contributed by atoms with Crippen molar-refractivity contribution in [1.29, 1.82) is 0 Å². The number of rotatable bonds is 5. The first-order chi connectivity index (χ1) is 15.0. The van der Waals surface area contributed by atoms with E-state index in [0.717, 1.165) is 35.4 Å². The van der Waals surface area contributed by atoms with E-state index in [4.69, 9.17) is 14.5 Å². The van der Waals surface area contributed by atoms with Crippen molar-refractivity contribution in [3.8, 4) is 22.6 Å². The number of para-hydroxylation sites is 1. The third kappa shape index (κ3) is 4.10. The lowest BCUT2D eigenvalue weighted by atomic mass is 10.0. The Hall–Kier alpha value is -3.41. The zero-order valence-corrected chi connectivity index (χ0v) is 17.9. The average Bonchev–Trinajstić information content (AvgIpc) is 3.28. The molecule has 4 rings (SSSR count). The van der Waals surface area contributed by atoms with Gasteiger partial charge in [0.25, 0.3) is 5.91 Å². The second kappa shape index (κ2) is 8.76. The molecule has 1 saturated heterocycles. The molecule has 1 amide bonds. The van der Waals surface area contributed by atoms with Crippen LogP contribution in [0.3, 0.4) is 0 Å². The van der Waals surface area contributed by atoms with Crippen LogP contribution in [0.15, 0.2) is 54.6 Å². The molecule has 2 aromatic carbocycles. The van der Waals surface area contributed by atoms with Crippen LogP contribution in [0.25, 0.3) is 11.1 Å². The van der Waals surface area contributed by atoms with Gasteiger partial charge in [-0.25, -0.2) is 4.39 Å². The first-order valence-electron chi connectivity index (χ1n) is 10.3. The molecule has 1 fully saturated rings. The van der Waals surface area contributed by atoms with Crippen molar-refractivity contribution in [2.75, 3.05) is 20.8 Å². The molecular formula is C25H25FN2O3. The van der Waals surface area contributed by atoms with Gasteiger partial charge >= 0.3 is 0 Å². The maximum Gasteiger partial charge on any atom is 0.258 e. The number of carbonyl (C=O) groups excluding carboxylic acids is 1. The lowest BCUT2D eigenvalue weighted by molar-refractivity contribution is 0.0728. The fraction of sp³-hybridized carbons (Fsp3) is 0.280. The summed E-state index contributed by atoms with van der Waals surface area (Å²) in [4.78, 5) is 20.1. The average molecular weight is 420 g/mol. The zero-order valence-electron chi connectivity index (χ0n) is 17.9. The minimum Gasteiger partial charge on any atom is -0.493 e. The summed E-state index contributed by atoms with van der Waals surface area (Å²) in [6.45, 7) is 2.58. The molecule has 0 bridgehead atoms. The second-order valence-corrected chi connectivity index (χ2v) is 7.63. The van der Waals surface area contributed by atoms with Crippen molar-refractivity contribution in [1.82, 2.24) is 9.88 Å². The normalized spacial score (nSPS) is 15.7. The summed E-state index contributed by atoms with van der Waals surface area (Å²) in [5, 5.41) is 0. The number of nitrogens with zero attached hydrogens (tertiary/aromatic N) is 2. The molecule has 1 atom stereocenters. The van der Waals surface area contributed by atoms with Gasteiger partial charge in [-0.05, 0) is 67.3 Å². The van der Waals surface area contributed by atoms with Gasteiger partial charge in [-0.3, -0.25) is 9.78 Å². The molecule has 160 valence electrons. The molecule has 0 spiro atoms. The minimum atomic E-state index is -0.269. The number of pyridine rings is 1. The van der Waals surface area contributed by atoms with E-state index in [1.807, 2.05) is 24.0 Å². The SMILES string of the molecule is COc1cccc(C(=O)N2CCCC2c2cc(-c3ccc(F)cc3)cc(C)n2)c1OC. The Morgan fingerprint density at radius 3 is 2.55 bits per heavy atom. The number of benzene rings is 2. The number of hydrogen-bond acceptors (Lipinski definition) is 4. The van der Waals surface area contributed by atoms with Crippen molar-refractivity contribution >= 4 is 5.91 Å². The molecule has 3 aromatic rings. The van der Waals surface area contributed by atoms with Gasteiger partial charge < -0.3 is 14.4 Å². The quantitative estimate of drug-likeness (QED) is 0.570. The van der Waals surface area contributed by atoms with Crippen LogP contribution in [0, 0.1) is 12.7 Å². The van der Waals surface area contributed by atoms with Crippen LogP contribution in [0.5, 0.6) is 11.5 Å². The molecule has 6 heteroatoms.